The lowest BCUT2D eigenvalue weighted by Crippen LogP contribution is -2.35. The molecule has 98 valence electrons. The van der Waals surface area contributed by atoms with Gasteiger partial charge in [-0.3, -0.25) is 0 Å². The van der Waals surface area contributed by atoms with Crippen molar-refractivity contribution in [3.05, 3.63) is 45.4 Å². The topological polar surface area (TPSA) is 17.0 Å². The molecule has 2 rings (SSSR count). The highest BCUT2D eigenvalue weighted by atomic mass is 35.5. The monoisotopic (exact) mass is 282 g/mol. The summed E-state index contributed by atoms with van der Waals surface area (Å²) in [6.45, 7) is 8.32. The van der Waals surface area contributed by atoms with E-state index < -0.39 is 0 Å². The number of halogens is 1. The first-order valence-corrected chi connectivity index (χ1v) is 7.27. The number of nitrogens with zero attached hydrogens (tertiary/aromatic N) is 1. The average Bonchev–Trinajstić information content (AvgIpc) is 2.85. The summed E-state index contributed by atoms with van der Waals surface area (Å²) in [6, 6.07) is 8.30. The van der Waals surface area contributed by atoms with Crippen LogP contribution >= 0.6 is 22.9 Å². The first kappa shape index (κ1) is 13.7. The fourth-order valence-corrected chi connectivity index (χ4v) is 2.81. The van der Waals surface area contributed by atoms with Gasteiger partial charge in [0.05, 0.1) is 10.9 Å². The average molecular weight is 283 g/mol. The second kappa shape index (κ2) is 5.47. The Morgan fingerprint density at radius 1 is 1.28 bits per heavy atom. The molecule has 2 heterocycles. The fourth-order valence-electron chi connectivity index (χ4n) is 1.72. The maximum atomic E-state index is 5.96. The van der Waals surface area contributed by atoms with Gasteiger partial charge in [-0.25, -0.2) is 0 Å². The number of nitrogens with one attached hydrogen (secondary N) is 1. The van der Waals surface area contributed by atoms with E-state index in [-0.39, 0.29) is 5.54 Å². The van der Waals surface area contributed by atoms with E-state index in [1.807, 2.05) is 6.07 Å². The van der Waals surface area contributed by atoms with Gasteiger partial charge in [-0.1, -0.05) is 11.6 Å². The molecule has 0 aliphatic carbocycles. The van der Waals surface area contributed by atoms with Crippen LogP contribution in [0, 0.1) is 0 Å². The van der Waals surface area contributed by atoms with Gasteiger partial charge in [0.2, 0.25) is 0 Å². The van der Waals surface area contributed by atoms with Gasteiger partial charge in [-0.15, -0.1) is 11.3 Å². The Balaban J connectivity index is 2.03. The van der Waals surface area contributed by atoms with Gasteiger partial charge in [0.25, 0.3) is 0 Å². The van der Waals surface area contributed by atoms with E-state index in [2.05, 4.69) is 55.1 Å². The lowest BCUT2D eigenvalue weighted by atomic mass is 10.1. The first-order chi connectivity index (χ1) is 8.44. The lowest BCUT2D eigenvalue weighted by Gasteiger charge is -2.21. The van der Waals surface area contributed by atoms with Crippen molar-refractivity contribution in [2.75, 3.05) is 0 Å². The van der Waals surface area contributed by atoms with Crippen molar-refractivity contribution in [2.24, 2.45) is 0 Å². The number of hydrogen-bond acceptors (Lipinski definition) is 2. The third-order valence-corrected chi connectivity index (χ3v) is 3.89. The standard InChI is InChI=1S/C14H19ClN2S/c1-14(2,3)16-9-11-5-4-8-17(11)10-12-6-7-13(15)18-12/h4-8,16H,9-10H2,1-3H3. The molecular weight excluding hydrogens is 264 g/mol. The molecule has 0 amide bonds. The molecule has 2 nitrogen and oxygen atoms in total. The van der Waals surface area contributed by atoms with Crippen LogP contribution in [0.15, 0.2) is 30.5 Å². The van der Waals surface area contributed by atoms with Crippen LogP contribution in [0.3, 0.4) is 0 Å². The third-order valence-electron chi connectivity index (χ3n) is 2.68. The van der Waals surface area contributed by atoms with Crippen molar-refractivity contribution in [1.29, 1.82) is 0 Å². The smallest absolute Gasteiger partial charge is 0.0931 e. The van der Waals surface area contributed by atoms with Gasteiger partial charge >= 0.3 is 0 Å². The lowest BCUT2D eigenvalue weighted by molar-refractivity contribution is 0.417. The van der Waals surface area contributed by atoms with Crippen LogP contribution in [0.4, 0.5) is 0 Å². The van der Waals surface area contributed by atoms with Crippen LogP contribution in [-0.2, 0) is 13.1 Å². The molecule has 0 bridgehead atoms. The molecule has 0 saturated heterocycles. The van der Waals surface area contributed by atoms with Gasteiger partial charge in [-0.2, -0.15) is 0 Å². The van der Waals surface area contributed by atoms with Gasteiger partial charge in [0.15, 0.2) is 0 Å². The van der Waals surface area contributed by atoms with Crippen LogP contribution in [0.2, 0.25) is 4.34 Å². The van der Waals surface area contributed by atoms with Gasteiger partial charge in [0.1, 0.15) is 0 Å². The molecule has 0 aliphatic rings. The summed E-state index contributed by atoms with van der Waals surface area (Å²) in [6.07, 6.45) is 2.12. The normalized spacial score (nSPS) is 12.0. The molecule has 0 saturated carbocycles. The highest BCUT2D eigenvalue weighted by molar-refractivity contribution is 7.16. The third kappa shape index (κ3) is 3.87. The molecule has 0 aliphatic heterocycles. The second-order valence-corrected chi connectivity index (χ2v) is 7.24. The van der Waals surface area contributed by atoms with Crippen molar-refractivity contribution < 1.29 is 0 Å². The number of thiophene rings is 1. The Hall–Kier alpha value is -0.770. The molecule has 0 aromatic carbocycles. The summed E-state index contributed by atoms with van der Waals surface area (Å²) in [5.41, 5.74) is 1.44. The second-order valence-electron chi connectivity index (χ2n) is 5.44. The summed E-state index contributed by atoms with van der Waals surface area (Å²) in [4.78, 5) is 1.29. The van der Waals surface area contributed by atoms with E-state index in [1.165, 1.54) is 10.6 Å². The van der Waals surface area contributed by atoms with Crippen LogP contribution in [0.5, 0.6) is 0 Å². The van der Waals surface area contributed by atoms with Crippen molar-refractivity contribution in [3.63, 3.8) is 0 Å². The minimum absolute atomic E-state index is 0.140. The molecule has 0 fully saturated rings. The van der Waals surface area contributed by atoms with E-state index in [0.29, 0.717) is 0 Å². The Labute approximate surface area is 118 Å². The summed E-state index contributed by atoms with van der Waals surface area (Å²) in [7, 11) is 0. The predicted molar refractivity (Wildman–Crippen MR) is 79.5 cm³/mol. The Morgan fingerprint density at radius 3 is 2.67 bits per heavy atom. The fraction of sp³-hybridized carbons (Fsp3) is 0.429. The molecule has 0 radical (unpaired) electrons. The Morgan fingerprint density at radius 2 is 2.06 bits per heavy atom. The maximum absolute atomic E-state index is 5.96. The van der Waals surface area contributed by atoms with Gasteiger partial charge < -0.3 is 9.88 Å². The van der Waals surface area contributed by atoms with Crippen LogP contribution < -0.4 is 5.32 Å². The SMILES string of the molecule is CC(C)(C)NCc1cccn1Cc1ccc(Cl)s1. The van der Waals surface area contributed by atoms with E-state index >= 15 is 0 Å². The molecule has 0 unspecified atom stereocenters. The number of aromatic nitrogens is 1. The predicted octanol–water partition coefficient (Wildman–Crippen LogP) is 4.14. The minimum Gasteiger partial charge on any atom is -0.345 e. The minimum atomic E-state index is 0.140. The zero-order valence-electron chi connectivity index (χ0n) is 11.0. The number of rotatable bonds is 4. The summed E-state index contributed by atoms with van der Waals surface area (Å²) in [5.74, 6) is 0. The molecule has 0 spiro atoms. The highest BCUT2D eigenvalue weighted by Gasteiger charge is 2.10. The van der Waals surface area contributed by atoms with Gasteiger partial charge in [-0.05, 0) is 45.0 Å². The summed E-state index contributed by atoms with van der Waals surface area (Å²) < 4.78 is 3.12. The highest BCUT2D eigenvalue weighted by Crippen LogP contribution is 2.22. The molecule has 1 N–H and O–H groups in total. The first-order valence-electron chi connectivity index (χ1n) is 6.07. The molecule has 2 aromatic rings. The molecule has 0 atom stereocenters. The van der Waals surface area contributed by atoms with Gasteiger partial charge in [0, 0.05) is 28.9 Å². The van der Waals surface area contributed by atoms with E-state index in [4.69, 9.17) is 11.6 Å². The largest absolute Gasteiger partial charge is 0.345 e. The van der Waals surface area contributed by atoms with Crippen molar-refractivity contribution >= 4 is 22.9 Å². The van der Waals surface area contributed by atoms with Crippen LogP contribution in [-0.4, -0.2) is 10.1 Å². The maximum Gasteiger partial charge on any atom is 0.0931 e. The summed E-state index contributed by atoms with van der Waals surface area (Å²) >= 11 is 7.60. The Kier molecular flexibility index (Phi) is 4.15. The van der Waals surface area contributed by atoms with Crippen molar-refractivity contribution in [1.82, 2.24) is 9.88 Å². The zero-order chi connectivity index (χ0) is 13.2. The molecule has 4 heteroatoms. The zero-order valence-corrected chi connectivity index (χ0v) is 12.6. The number of hydrogen-bond donors (Lipinski definition) is 1. The molecule has 18 heavy (non-hydrogen) atoms. The molecule has 2 aromatic heterocycles. The van der Waals surface area contributed by atoms with E-state index in [1.54, 1.807) is 11.3 Å². The quantitative estimate of drug-likeness (QED) is 0.892. The van der Waals surface area contributed by atoms with Crippen molar-refractivity contribution in [3.8, 4) is 0 Å². The molecular formula is C14H19ClN2S. The Bertz CT molecular complexity index is 508. The van der Waals surface area contributed by atoms with Crippen LogP contribution in [0.1, 0.15) is 31.3 Å². The summed E-state index contributed by atoms with van der Waals surface area (Å²) in [5, 5.41) is 3.51. The van der Waals surface area contributed by atoms with E-state index in [0.717, 1.165) is 17.4 Å². The van der Waals surface area contributed by atoms with Crippen LogP contribution in [0.25, 0.3) is 0 Å². The van der Waals surface area contributed by atoms with E-state index in [9.17, 15) is 0 Å². The van der Waals surface area contributed by atoms with Crippen molar-refractivity contribution in [2.45, 2.75) is 39.4 Å².